The largest absolute Gasteiger partial charge is 0.342 e. The van der Waals surface area contributed by atoms with Crippen LogP contribution in [0.5, 0.6) is 0 Å². The number of carbonyl (C=O) groups is 1. The molecule has 1 aromatic carbocycles. The number of likely N-dealkylation sites (N-methyl/N-ethyl adjacent to an activating group) is 1. The van der Waals surface area contributed by atoms with E-state index in [1.54, 1.807) is 0 Å². The number of nitrogens with two attached hydrogens (primary N) is 1. The molecule has 0 aliphatic heterocycles. The van der Waals surface area contributed by atoms with Crippen molar-refractivity contribution in [2.75, 3.05) is 13.6 Å². The van der Waals surface area contributed by atoms with E-state index < -0.39 is 0 Å². The first-order chi connectivity index (χ1) is 8.65. The third-order valence-corrected chi connectivity index (χ3v) is 4.00. The lowest BCUT2D eigenvalue weighted by molar-refractivity contribution is -0.133. The van der Waals surface area contributed by atoms with Crippen molar-refractivity contribution >= 4 is 5.91 Å². The summed E-state index contributed by atoms with van der Waals surface area (Å²) in [6.07, 6.45) is 2.49. The molecule has 0 spiro atoms. The summed E-state index contributed by atoms with van der Waals surface area (Å²) in [5, 5.41) is 0. The molecule has 0 radical (unpaired) electrons. The fraction of sp³-hybridized carbons (Fsp3) is 0.533. The Balaban J connectivity index is 2.09. The van der Waals surface area contributed by atoms with Crippen LogP contribution in [0.15, 0.2) is 30.3 Å². The van der Waals surface area contributed by atoms with Crippen LogP contribution in [0.4, 0.5) is 0 Å². The van der Waals surface area contributed by atoms with E-state index in [2.05, 4.69) is 6.92 Å². The Labute approximate surface area is 109 Å². The predicted octanol–water partition coefficient (Wildman–Crippen LogP) is 1.99. The molecule has 3 heteroatoms. The standard InChI is InChI=1S/C15H22N2O/c1-11(12-8-9-12)17(2)15(18)14(10-16)13-6-4-3-5-7-13/h3-7,11-12,14H,8-10,16H2,1-2H3. The van der Waals surface area contributed by atoms with E-state index in [0.717, 1.165) is 5.56 Å². The molecule has 2 rings (SSSR count). The molecule has 18 heavy (non-hydrogen) atoms. The molecule has 98 valence electrons. The molecule has 2 atom stereocenters. The smallest absolute Gasteiger partial charge is 0.231 e. The molecule has 0 aromatic heterocycles. The maximum absolute atomic E-state index is 12.5. The molecule has 0 bridgehead atoms. The lowest BCUT2D eigenvalue weighted by atomic mass is 9.97. The van der Waals surface area contributed by atoms with E-state index in [9.17, 15) is 4.79 Å². The van der Waals surface area contributed by atoms with Crippen LogP contribution in [0.25, 0.3) is 0 Å². The van der Waals surface area contributed by atoms with Crippen molar-refractivity contribution < 1.29 is 4.79 Å². The van der Waals surface area contributed by atoms with Crippen LogP contribution in [0.3, 0.4) is 0 Å². The van der Waals surface area contributed by atoms with Crippen LogP contribution in [0, 0.1) is 5.92 Å². The SMILES string of the molecule is CC(C1CC1)N(C)C(=O)C(CN)c1ccccc1. The summed E-state index contributed by atoms with van der Waals surface area (Å²) in [4.78, 5) is 14.4. The van der Waals surface area contributed by atoms with Gasteiger partial charge in [-0.05, 0) is 31.2 Å². The van der Waals surface area contributed by atoms with Gasteiger partial charge in [-0.15, -0.1) is 0 Å². The first kappa shape index (κ1) is 13.1. The van der Waals surface area contributed by atoms with E-state index in [-0.39, 0.29) is 11.8 Å². The van der Waals surface area contributed by atoms with Gasteiger partial charge in [0.15, 0.2) is 0 Å². The minimum atomic E-state index is -0.211. The fourth-order valence-corrected chi connectivity index (χ4v) is 2.41. The Hall–Kier alpha value is -1.35. The van der Waals surface area contributed by atoms with Crippen LogP contribution < -0.4 is 5.73 Å². The van der Waals surface area contributed by atoms with Crippen molar-refractivity contribution in [1.82, 2.24) is 4.90 Å². The van der Waals surface area contributed by atoms with Gasteiger partial charge in [0, 0.05) is 19.6 Å². The summed E-state index contributed by atoms with van der Waals surface area (Å²) in [7, 11) is 1.90. The average molecular weight is 246 g/mol. The number of carbonyl (C=O) groups excluding carboxylic acids is 1. The third kappa shape index (κ3) is 2.72. The number of hydrogen-bond donors (Lipinski definition) is 1. The molecular formula is C15H22N2O. The van der Waals surface area contributed by atoms with Crippen LogP contribution in [0.2, 0.25) is 0 Å². The molecule has 1 fully saturated rings. The molecule has 2 unspecified atom stereocenters. The minimum absolute atomic E-state index is 0.142. The van der Waals surface area contributed by atoms with E-state index in [0.29, 0.717) is 18.5 Å². The van der Waals surface area contributed by atoms with Crippen LogP contribution in [-0.2, 0) is 4.79 Å². The highest BCUT2D eigenvalue weighted by Gasteiger charge is 2.34. The van der Waals surface area contributed by atoms with Crippen molar-refractivity contribution in [3.63, 3.8) is 0 Å². The zero-order chi connectivity index (χ0) is 13.1. The van der Waals surface area contributed by atoms with Crippen molar-refractivity contribution in [2.24, 2.45) is 11.7 Å². The molecule has 1 aliphatic rings. The van der Waals surface area contributed by atoms with Gasteiger partial charge in [-0.25, -0.2) is 0 Å². The molecule has 1 aromatic rings. The summed E-state index contributed by atoms with van der Waals surface area (Å²) in [6.45, 7) is 2.50. The summed E-state index contributed by atoms with van der Waals surface area (Å²) in [5.41, 5.74) is 6.80. The monoisotopic (exact) mass is 246 g/mol. The molecule has 2 N–H and O–H groups in total. The second-order valence-corrected chi connectivity index (χ2v) is 5.23. The van der Waals surface area contributed by atoms with Crippen molar-refractivity contribution in [3.05, 3.63) is 35.9 Å². The van der Waals surface area contributed by atoms with E-state index in [1.165, 1.54) is 12.8 Å². The van der Waals surface area contributed by atoms with E-state index in [1.807, 2.05) is 42.3 Å². The summed E-state index contributed by atoms with van der Waals surface area (Å²) in [6, 6.07) is 10.1. The topological polar surface area (TPSA) is 46.3 Å². The predicted molar refractivity (Wildman–Crippen MR) is 73.2 cm³/mol. The van der Waals surface area contributed by atoms with Gasteiger partial charge in [0.2, 0.25) is 5.91 Å². The number of hydrogen-bond acceptors (Lipinski definition) is 2. The molecule has 0 heterocycles. The van der Waals surface area contributed by atoms with Crippen molar-refractivity contribution in [3.8, 4) is 0 Å². The number of nitrogens with zero attached hydrogens (tertiary/aromatic N) is 1. The van der Waals surface area contributed by atoms with Crippen molar-refractivity contribution in [1.29, 1.82) is 0 Å². The lowest BCUT2D eigenvalue weighted by Crippen LogP contribution is -2.41. The Morgan fingerprint density at radius 3 is 2.50 bits per heavy atom. The van der Waals surface area contributed by atoms with Gasteiger partial charge in [0.05, 0.1) is 5.92 Å². The minimum Gasteiger partial charge on any atom is -0.342 e. The normalized spacial score (nSPS) is 18.2. The van der Waals surface area contributed by atoms with Gasteiger partial charge in [-0.1, -0.05) is 30.3 Å². The molecule has 0 saturated heterocycles. The molecular weight excluding hydrogens is 224 g/mol. The average Bonchev–Trinajstić information content (AvgIpc) is 3.23. The molecule has 1 amide bonds. The molecule has 3 nitrogen and oxygen atoms in total. The summed E-state index contributed by atoms with van der Waals surface area (Å²) in [5.74, 6) is 0.619. The maximum Gasteiger partial charge on any atom is 0.231 e. The van der Waals surface area contributed by atoms with E-state index >= 15 is 0 Å². The zero-order valence-electron chi connectivity index (χ0n) is 11.2. The lowest BCUT2D eigenvalue weighted by Gasteiger charge is -2.28. The molecule has 1 aliphatic carbocycles. The highest BCUT2D eigenvalue weighted by Crippen LogP contribution is 2.35. The maximum atomic E-state index is 12.5. The van der Waals surface area contributed by atoms with E-state index in [4.69, 9.17) is 5.73 Å². The number of amides is 1. The van der Waals surface area contributed by atoms with Crippen LogP contribution in [-0.4, -0.2) is 30.4 Å². The van der Waals surface area contributed by atoms with Gasteiger partial charge < -0.3 is 10.6 Å². The first-order valence-electron chi connectivity index (χ1n) is 6.66. The highest BCUT2D eigenvalue weighted by atomic mass is 16.2. The number of benzene rings is 1. The van der Waals surface area contributed by atoms with Gasteiger partial charge in [0.25, 0.3) is 0 Å². The van der Waals surface area contributed by atoms with Crippen molar-refractivity contribution in [2.45, 2.75) is 31.7 Å². The van der Waals surface area contributed by atoms with Gasteiger partial charge in [-0.2, -0.15) is 0 Å². The first-order valence-corrected chi connectivity index (χ1v) is 6.66. The Morgan fingerprint density at radius 2 is 2.00 bits per heavy atom. The van der Waals surface area contributed by atoms with Gasteiger partial charge in [-0.3, -0.25) is 4.79 Å². The number of rotatable bonds is 5. The zero-order valence-corrected chi connectivity index (χ0v) is 11.2. The fourth-order valence-electron chi connectivity index (χ4n) is 2.41. The Morgan fingerprint density at radius 1 is 1.39 bits per heavy atom. The van der Waals surface area contributed by atoms with Crippen LogP contribution >= 0.6 is 0 Å². The van der Waals surface area contributed by atoms with Gasteiger partial charge in [0.1, 0.15) is 0 Å². The quantitative estimate of drug-likeness (QED) is 0.863. The second kappa shape index (κ2) is 5.53. The Bertz CT molecular complexity index is 400. The Kier molecular flexibility index (Phi) is 4.02. The third-order valence-electron chi connectivity index (χ3n) is 4.00. The highest BCUT2D eigenvalue weighted by molar-refractivity contribution is 5.84. The van der Waals surface area contributed by atoms with Crippen LogP contribution in [0.1, 0.15) is 31.2 Å². The molecule has 1 saturated carbocycles. The summed E-state index contributed by atoms with van der Waals surface area (Å²) < 4.78 is 0. The second-order valence-electron chi connectivity index (χ2n) is 5.23. The van der Waals surface area contributed by atoms with Gasteiger partial charge >= 0.3 is 0 Å². The summed E-state index contributed by atoms with van der Waals surface area (Å²) >= 11 is 0.